The molecule has 10 nitrogen and oxygen atoms in total. The number of hydrogen-bond acceptors (Lipinski definition) is 8. The Morgan fingerprint density at radius 1 is 1.50 bits per heavy atom. The van der Waals surface area contributed by atoms with E-state index < -0.39 is 5.41 Å². The molecule has 0 saturated carbocycles. The molecule has 3 N–H and O–H groups in total. The molecular weight excluding hydrogens is 360 g/mol. The Morgan fingerprint density at radius 2 is 2.36 bits per heavy atom. The average molecular weight is 386 g/mol. The SMILES string of the molecule is CCCn1cnnc1CNC(=O)[C@]12COC[C@H]1CN(c1ncc(C)c(N)n1)C2. The number of nitrogens with two attached hydrogens (primary N) is 1. The van der Waals surface area contributed by atoms with Crippen molar-refractivity contribution in [3.8, 4) is 0 Å². The topological polar surface area (TPSA) is 124 Å². The van der Waals surface area contributed by atoms with Gasteiger partial charge in [0.2, 0.25) is 11.9 Å². The predicted molar refractivity (Wildman–Crippen MR) is 102 cm³/mol. The van der Waals surface area contributed by atoms with E-state index >= 15 is 0 Å². The van der Waals surface area contributed by atoms with Gasteiger partial charge in [0.25, 0.3) is 0 Å². The molecule has 0 unspecified atom stereocenters. The number of nitrogens with one attached hydrogen (secondary N) is 1. The van der Waals surface area contributed by atoms with Gasteiger partial charge in [-0.1, -0.05) is 6.92 Å². The first-order chi connectivity index (χ1) is 13.5. The lowest BCUT2D eigenvalue weighted by molar-refractivity contribution is -0.131. The molecule has 2 atom stereocenters. The summed E-state index contributed by atoms with van der Waals surface area (Å²) in [7, 11) is 0. The zero-order valence-electron chi connectivity index (χ0n) is 16.3. The number of nitrogens with zero attached hydrogens (tertiary/aromatic N) is 6. The second-order valence-corrected chi connectivity index (χ2v) is 7.61. The molecule has 0 aliphatic carbocycles. The van der Waals surface area contributed by atoms with Gasteiger partial charge in [-0.3, -0.25) is 4.79 Å². The summed E-state index contributed by atoms with van der Waals surface area (Å²) in [5.74, 6) is 1.85. The van der Waals surface area contributed by atoms with Gasteiger partial charge in [0.15, 0.2) is 5.82 Å². The maximum absolute atomic E-state index is 13.2. The van der Waals surface area contributed by atoms with Crippen molar-refractivity contribution in [3.63, 3.8) is 0 Å². The first kappa shape index (κ1) is 18.6. The van der Waals surface area contributed by atoms with Crippen LogP contribution in [0.4, 0.5) is 11.8 Å². The van der Waals surface area contributed by atoms with Crippen LogP contribution in [0.25, 0.3) is 0 Å². The maximum atomic E-state index is 13.2. The number of anilines is 2. The van der Waals surface area contributed by atoms with Crippen molar-refractivity contribution in [1.29, 1.82) is 0 Å². The van der Waals surface area contributed by atoms with Gasteiger partial charge < -0.3 is 25.3 Å². The number of carbonyl (C=O) groups excluding carboxylic acids is 1. The smallest absolute Gasteiger partial charge is 0.231 e. The first-order valence-corrected chi connectivity index (χ1v) is 9.60. The molecule has 2 aromatic rings. The number of hydrogen-bond donors (Lipinski definition) is 2. The standard InChI is InChI=1S/C18H26N8O2/c1-3-4-25-11-22-24-14(25)6-20-16(27)18-9-26(7-13(18)8-28-10-18)17-21-5-12(2)15(19)23-17/h5,11,13H,3-4,6-10H2,1-2H3,(H,20,27)(H2,19,21,23)/t13-,18-/m1/s1. The number of amides is 1. The molecule has 2 aliphatic rings. The number of nitrogen functional groups attached to an aromatic ring is 1. The molecule has 0 aromatic carbocycles. The highest BCUT2D eigenvalue weighted by molar-refractivity contribution is 5.85. The van der Waals surface area contributed by atoms with Crippen LogP contribution in [0.15, 0.2) is 12.5 Å². The summed E-state index contributed by atoms with van der Waals surface area (Å²) in [5.41, 5.74) is 6.17. The van der Waals surface area contributed by atoms with E-state index in [0.29, 0.717) is 44.6 Å². The summed E-state index contributed by atoms with van der Waals surface area (Å²) in [5, 5.41) is 11.1. The van der Waals surface area contributed by atoms with Gasteiger partial charge in [0.1, 0.15) is 12.1 Å². The molecule has 2 aromatic heterocycles. The lowest BCUT2D eigenvalue weighted by atomic mass is 9.80. The molecule has 0 radical (unpaired) electrons. The van der Waals surface area contributed by atoms with Crippen LogP contribution in [0, 0.1) is 18.3 Å². The Morgan fingerprint density at radius 3 is 3.14 bits per heavy atom. The Kier molecular flexibility index (Phi) is 4.88. The zero-order valence-corrected chi connectivity index (χ0v) is 16.3. The van der Waals surface area contributed by atoms with E-state index in [1.54, 1.807) is 12.5 Å². The maximum Gasteiger partial charge on any atom is 0.231 e. The van der Waals surface area contributed by atoms with Crippen molar-refractivity contribution < 1.29 is 9.53 Å². The molecule has 0 spiro atoms. The second kappa shape index (κ2) is 7.34. The highest BCUT2D eigenvalue weighted by Crippen LogP contribution is 2.42. The third kappa shape index (κ3) is 3.17. The molecule has 10 heteroatoms. The Hall–Kier alpha value is -2.75. The number of ether oxygens (including phenoxy) is 1. The van der Waals surface area contributed by atoms with Crippen LogP contribution in [0.3, 0.4) is 0 Å². The van der Waals surface area contributed by atoms with Crippen LogP contribution >= 0.6 is 0 Å². The fraction of sp³-hybridized carbons (Fsp3) is 0.611. The van der Waals surface area contributed by atoms with Gasteiger partial charge in [0, 0.05) is 37.3 Å². The Labute approximate surface area is 163 Å². The number of fused-ring (bicyclic) bond motifs is 1. The minimum absolute atomic E-state index is 0.0244. The highest BCUT2D eigenvalue weighted by atomic mass is 16.5. The Bertz CT molecular complexity index is 869. The van der Waals surface area contributed by atoms with Crippen LogP contribution in [0.5, 0.6) is 0 Å². The summed E-state index contributed by atoms with van der Waals surface area (Å²) in [6.45, 7) is 7.26. The molecule has 4 heterocycles. The Balaban J connectivity index is 1.48. The van der Waals surface area contributed by atoms with Crippen molar-refractivity contribution in [2.75, 3.05) is 36.9 Å². The van der Waals surface area contributed by atoms with E-state index in [-0.39, 0.29) is 11.8 Å². The molecule has 1 amide bonds. The predicted octanol–water partition coefficient (Wildman–Crippen LogP) is 0.138. The van der Waals surface area contributed by atoms with Crippen molar-refractivity contribution in [2.45, 2.75) is 33.4 Å². The van der Waals surface area contributed by atoms with E-state index in [1.165, 1.54) is 0 Å². The second-order valence-electron chi connectivity index (χ2n) is 7.61. The summed E-state index contributed by atoms with van der Waals surface area (Å²) in [6, 6.07) is 0. The van der Waals surface area contributed by atoms with Gasteiger partial charge in [-0.25, -0.2) is 4.98 Å². The summed E-state index contributed by atoms with van der Waals surface area (Å²) in [6.07, 6.45) is 4.39. The average Bonchev–Trinajstić information content (AvgIpc) is 3.36. The quantitative estimate of drug-likeness (QED) is 0.718. The van der Waals surface area contributed by atoms with Gasteiger partial charge in [-0.05, 0) is 13.3 Å². The molecule has 4 rings (SSSR count). The van der Waals surface area contributed by atoms with Crippen molar-refractivity contribution >= 4 is 17.7 Å². The molecule has 2 fully saturated rings. The van der Waals surface area contributed by atoms with Gasteiger partial charge in [-0.15, -0.1) is 10.2 Å². The number of aryl methyl sites for hydroxylation is 2. The van der Waals surface area contributed by atoms with Crippen molar-refractivity contribution in [1.82, 2.24) is 30.0 Å². The zero-order chi connectivity index (χ0) is 19.7. The number of aromatic nitrogens is 5. The lowest BCUT2D eigenvalue weighted by Gasteiger charge is -2.26. The van der Waals surface area contributed by atoms with E-state index in [9.17, 15) is 4.79 Å². The van der Waals surface area contributed by atoms with Crippen LogP contribution in [0.1, 0.15) is 24.7 Å². The molecule has 2 aliphatic heterocycles. The molecule has 150 valence electrons. The minimum atomic E-state index is -0.612. The van der Waals surface area contributed by atoms with Crippen LogP contribution in [-0.2, 0) is 22.6 Å². The number of rotatable bonds is 6. The summed E-state index contributed by atoms with van der Waals surface area (Å²) >= 11 is 0. The van der Waals surface area contributed by atoms with Gasteiger partial charge >= 0.3 is 0 Å². The van der Waals surface area contributed by atoms with E-state index in [4.69, 9.17) is 10.5 Å². The third-order valence-corrected chi connectivity index (χ3v) is 5.67. The minimum Gasteiger partial charge on any atom is -0.383 e. The van der Waals surface area contributed by atoms with Crippen LogP contribution < -0.4 is 16.0 Å². The monoisotopic (exact) mass is 386 g/mol. The first-order valence-electron chi connectivity index (χ1n) is 9.60. The third-order valence-electron chi connectivity index (χ3n) is 5.67. The van der Waals surface area contributed by atoms with E-state index in [2.05, 4.69) is 32.4 Å². The van der Waals surface area contributed by atoms with Crippen LogP contribution in [-0.4, -0.2) is 56.9 Å². The van der Waals surface area contributed by atoms with Crippen molar-refractivity contribution in [2.24, 2.45) is 11.3 Å². The normalized spacial score (nSPS) is 23.8. The fourth-order valence-corrected chi connectivity index (χ4v) is 3.99. The van der Waals surface area contributed by atoms with E-state index in [1.807, 2.05) is 16.4 Å². The van der Waals surface area contributed by atoms with Gasteiger partial charge in [0.05, 0.1) is 25.2 Å². The van der Waals surface area contributed by atoms with E-state index in [0.717, 1.165) is 24.4 Å². The molecule has 0 bridgehead atoms. The summed E-state index contributed by atoms with van der Waals surface area (Å²) in [4.78, 5) is 24.0. The molecular formula is C18H26N8O2. The fourth-order valence-electron chi connectivity index (χ4n) is 3.99. The molecule has 28 heavy (non-hydrogen) atoms. The van der Waals surface area contributed by atoms with Crippen LogP contribution in [0.2, 0.25) is 0 Å². The van der Waals surface area contributed by atoms with Gasteiger partial charge in [-0.2, -0.15) is 4.98 Å². The largest absolute Gasteiger partial charge is 0.383 e. The summed E-state index contributed by atoms with van der Waals surface area (Å²) < 4.78 is 7.64. The van der Waals surface area contributed by atoms with Crippen molar-refractivity contribution in [3.05, 3.63) is 23.9 Å². The highest BCUT2D eigenvalue weighted by Gasteiger charge is 2.56. The molecule has 2 saturated heterocycles. The lowest BCUT2D eigenvalue weighted by Crippen LogP contribution is -2.46. The number of carbonyl (C=O) groups is 1.